The van der Waals surface area contributed by atoms with E-state index in [0.29, 0.717) is 10.8 Å². The zero-order valence-corrected chi connectivity index (χ0v) is 19.5. The number of phosphoric ester groups is 1. The van der Waals surface area contributed by atoms with Crippen LogP contribution in [0, 0.1) is 5.82 Å². The predicted molar refractivity (Wildman–Crippen MR) is 102 cm³/mol. The summed E-state index contributed by atoms with van der Waals surface area (Å²) in [6, 6.07) is 0. The summed E-state index contributed by atoms with van der Waals surface area (Å²) in [6.45, 7) is -0.675. The molecule has 0 aromatic carbocycles. The SMILES string of the molecule is C[C@@H](OP(=O)(O)OP(=O)(O)OP(=O)(O)O)[C@H]1O[C@@H](n2cc(F)c(N)nc2=O)C(Cl)(CF)[C@H]1O. The summed E-state index contributed by atoms with van der Waals surface area (Å²) in [7, 11) is -17.2. The highest BCUT2D eigenvalue weighted by atomic mass is 35.5. The third-order valence-electron chi connectivity index (χ3n) is 4.07. The maximum absolute atomic E-state index is 13.8. The van der Waals surface area contributed by atoms with Gasteiger partial charge in [-0.1, -0.05) is 0 Å². The molecule has 7 N–H and O–H groups in total. The van der Waals surface area contributed by atoms with E-state index in [1.54, 1.807) is 0 Å². The lowest BCUT2D eigenvalue weighted by atomic mass is 9.97. The molecule has 2 rings (SSSR count). The van der Waals surface area contributed by atoms with Crippen molar-refractivity contribution in [1.29, 1.82) is 0 Å². The number of nitrogen functional groups attached to an aromatic ring is 1. The van der Waals surface area contributed by atoms with Crippen LogP contribution in [-0.4, -0.2) is 64.1 Å². The molecule has 1 aliphatic heterocycles. The van der Waals surface area contributed by atoms with E-state index >= 15 is 0 Å². The first-order valence-electron chi connectivity index (χ1n) is 8.26. The topological polar surface area (TPSA) is 250 Å². The largest absolute Gasteiger partial charge is 0.490 e. The number of alkyl halides is 2. The summed E-state index contributed by atoms with van der Waals surface area (Å²) in [5.41, 5.74) is 3.90. The van der Waals surface area contributed by atoms with Crippen molar-refractivity contribution in [1.82, 2.24) is 9.55 Å². The van der Waals surface area contributed by atoms with E-state index in [4.69, 9.17) is 31.9 Å². The smallest absolute Gasteiger partial charge is 0.388 e. The number of nitrogens with two attached hydrogens (primary N) is 1. The summed E-state index contributed by atoms with van der Waals surface area (Å²) in [5, 5.41) is 10.4. The summed E-state index contributed by atoms with van der Waals surface area (Å²) in [4.78, 5) is 48.5. The number of aliphatic hydroxyl groups excluding tert-OH is 1. The zero-order valence-electron chi connectivity index (χ0n) is 16.0. The van der Waals surface area contributed by atoms with Gasteiger partial charge in [0.05, 0.1) is 12.3 Å². The molecule has 3 unspecified atom stereocenters. The van der Waals surface area contributed by atoms with Crippen LogP contribution < -0.4 is 11.4 Å². The van der Waals surface area contributed by atoms with Crippen LogP contribution in [0.25, 0.3) is 0 Å². The lowest BCUT2D eigenvalue weighted by Gasteiger charge is -2.28. The normalized spacial score (nSPS) is 30.5. The Morgan fingerprint density at radius 1 is 1.30 bits per heavy atom. The number of anilines is 1. The number of nitrogens with zero attached hydrogens (tertiary/aromatic N) is 2. The number of halogens is 3. The van der Waals surface area contributed by atoms with Gasteiger partial charge in [-0.25, -0.2) is 27.3 Å². The molecule has 7 atom stereocenters. The number of hydrogen-bond donors (Lipinski definition) is 6. The minimum Gasteiger partial charge on any atom is -0.388 e. The number of ether oxygens (including phenoxy) is 1. The third kappa shape index (κ3) is 6.64. The summed E-state index contributed by atoms with van der Waals surface area (Å²) in [5.74, 6) is -2.02. The van der Waals surface area contributed by atoms with Gasteiger partial charge in [0, 0.05) is 0 Å². The Kier molecular flexibility index (Phi) is 8.32. The molecule has 22 heteroatoms. The minimum absolute atomic E-state index is 0.360. The summed E-state index contributed by atoms with van der Waals surface area (Å²) in [6.07, 6.45) is -7.27. The molecule has 0 spiro atoms. The van der Waals surface area contributed by atoms with Gasteiger partial charge in [0.15, 0.2) is 17.9 Å². The van der Waals surface area contributed by atoms with Crippen LogP contribution in [0.3, 0.4) is 0 Å². The quantitative estimate of drug-likeness (QED) is 0.169. The molecule has 0 bridgehead atoms. The molecule has 190 valence electrons. The van der Waals surface area contributed by atoms with Gasteiger partial charge in [-0.05, 0) is 6.92 Å². The number of hydrogen-bond acceptors (Lipinski definition) is 11. The highest BCUT2D eigenvalue weighted by Crippen LogP contribution is 2.66. The Morgan fingerprint density at radius 3 is 2.39 bits per heavy atom. The molecular formula is C11H17ClF2N3O13P3. The molecule has 0 radical (unpaired) electrons. The second-order valence-corrected chi connectivity index (χ2v) is 11.6. The van der Waals surface area contributed by atoms with Crippen molar-refractivity contribution < 1.29 is 65.0 Å². The van der Waals surface area contributed by atoms with Crippen LogP contribution in [0.1, 0.15) is 13.2 Å². The van der Waals surface area contributed by atoms with Crippen molar-refractivity contribution in [2.75, 3.05) is 12.4 Å². The molecule has 1 aromatic heterocycles. The van der Waals surface area contributed by atoms with Crippen LogP contribution in [0.5, 0.6) is 0 Å². The maximum atomic E-state index is 13.8. The molecule has 1 fully saturated rings. The van der Waals surface area contributed by atoms with E-state index in [9.17, 15) is 42.2 Å². The lowest BCUT2D eigenvalue weighted by Crippen LogP contribution is -2.47. The van der Waals surface area contributed by atoms with Gasteiger partial charge in [0.2, 0.25) is 0 Å². The zero-order chi connectivity index (χ0) is 25.6. The van der Waals surface area contributed by atoms with Gasteiger partial charge in [-0.2, -0.15) is 13.6 Å². The predicted octanol–water partition coefficient (Wildman–Crippen LogP) is -0.0982. The second kappa shape index (κ2) is 9.66. The van der Waals surface area contributed by atoms with Gasteiger partial charge in [-0.3, -0.25) is 9.09 Å². The fourth-order valence-corrected chi connectivity index (χ4v) is 6.24. The van der Waals surface area contributed by atoms with E-state index in [0.717, 1.165) is 6.92 Å². The van der Waals surface area contributed by atoms with Crippen molar-refractivity contribution >= 4 is 40.9 Å². The van der Waals surface area contributed by atoms with Crippen molar-refractivity contribution in [2.24, 2.45) is 0 Å². The minimum atomic E-state index is -5.84. The average molecular weight is 566 g/mol. The van der Waals surface area contributed by atoms with Crippen LogP contribution in [-0.2, 0) is 31.6 Å². The Bertz CT molecular complexity index is 1100. The summed E-state index contributed by atoms with van der Waals surface area (Å²) >= 11 is 6.06. The Labute approximate surface area is 187 Å². The average Bonchev–Trinajstić information content (AvgIpc) is 2.87. The second-order valence-electron chi connectivity index (χ2n) is 6.52. The fraction of sp³-hybridized carbons (Fsp3) is 0.636. The molecule has 1 saturated heterocycles. The Morgan fingerprint density at radius 2 is 1.88 bits per heavy atom. The Balaban J connectivity index is 2.29. The highest BCUT2D eigenvalue weighted by Gasteiger charge is 2.59. The number of aliphatic hydroxyl groups is 1. The van der Waals surface area contributed by atoms with Crippen molar-refractivity contribution in [3.63, 3.8) is 0 Å². The third-order valence-corrected chi connectivity index (χ3v) is 8.51. The van der Waals surface area contributed by atoms with E-state index in [-0.39, 0.29) is 0 Å². The number of rotatable bonds is 9. The standard InChI is InChI=1S/C11H17ClF2N3O13P3/c1-4(28-32(23,24)30-33(25,26)29-31(20,21)22)6-7(18)11(12,3-13)9(27-6)17-2-5(14)8(15)16-10(17)19/h2,4,6-7,9,18H,3H2,1H3,(H,23,24)(H,25,26)(H2,15,16,19)(H2,20,21,22)/t4-,6-,7+,9-,11?/m1/s1. The Hall–Kier alpha value is -0.840. The van der Waals surface area contributed by atoms with Crippen molar-refractivity contribution in [2.45, 2.75) is 36.3 Å². The lowest BCUT2D eigenvalue weighted by molar-refractivity contribution is -0.0756. The molecule has 16 nitrogen and oxygen atoms in total. The first-order chi connectivity index (χ1) is 14.8. The van der Waals surface area contributed by atoms with Gasteiger partial charge >= 0.3 is 29.2 Å². The van der Waals surface area contributed by atoms with Crippen LogP contribution in [0.15, 0.2) is 11.0 Å². The molecule has 1 aromatic rings. The van der Waals surface area contributed by atoms with E-state index in [2.05, 4.69) is 18.1 Å². The molecule has 0 amide bonds. The van der Waals surface area contributed by atoms with Gasteiger partial charge in [-0.15, -0.1) is 11.6 Å². The molecule has 2 heterocycles. The van der Waals surface area contributed by atoms with Crippen molar-refractivity contribution in [3.05, 3.63) is 22.5 Å². The fourth-order valence-electron chi connectivity index (χ4n) is 2.76. The van der Waals surface area contributed by atoms with Crippen molar-refractivity contribution in [3.8, 4) is 0 Å². The van der Waals surface area contributed by atoms with E-state index in [1.165, 1.54) is 0 Å². The number of aromatic nitrogens is 2. The molecule has 0 saturated carbocycles. The van der Waals surface area contributed by atoms with E-state index in [1.807, 2.05) is 0 Å². The molecule has 33 heavy (non-hydrogen) atoms. The van der Waals surface area contributed by atoms with E-state index < -0.39 is 76.9 Å². The molecule has 0 aliphatic carbocycles. The molecular weight excluding hydrogens is 549 g/mol. The van der Waals surface area contributed by atoms with Crippen LogP contribution >= 0.6 is 35.1 Å². The van der Waals surface area contributed by atoms with Gasteiger partial charge in [0.1, 0.15) is 23.8 Å². The maximum Gasteiger partial charge on any atom is 0.490 e. The monoisotopic (exact) mass is 565 g/mol. The van der Waals surface area contributed by atoms with Crippen LogP contribution in [0.4, 0.5) is 14.6 Å². The first kappa shape index (κ1) is 28.4. The summed E-state index contributed by atoms with van der Waals surface area (Å²) < 4.78 is 78.8. The van der Waals surface area contributed by atoms with Crippen LogP contribution in [0.2, 0.25) is 0 Å². The van der Waals surface area contributed by atoms with Gasteiger partial charge < -0.3 is 35.2 Å². The first-order valence-corrected chi connectivity index (χ1v) is 13.2. The molecule has 1 aliphatic rings. The van der Waals surface area contributed by atoms with Gasteiger partial charge in [0.25, 0.3) is 0 Å². The highest BCUT2D eigenvalue weighted by molar-refractivity contribution is 7.66. The number of phosphoric acid groups is 3.